The van der Waals surface area contributed by atoms with Crippen molar-refractivity contribution in [3.63, 3.8) is 0 Å². The predicted octanol–water partition coefficient (Wildman–Crippen LogP) is 4.24. The van der Waals surface area contributed by atoms with Crippen LogP contribution >= 0.6 is 0 Å². The lowest BCUT2D eigenvalue weighted by molar-refractivity contribution is 0.0543. The fraction of sp³-hybridized carbons (Fsp3) is 0.586. The van der Waals surface area contributed by atoms with E-state index >= 15 is 0 Å². The van der Waals surface area contributed by atoms with Crippen LogP contribution in [0.4, 0.5) is 17.5 Å². The van der Waals surface area contributed by atoms with Crippen LogP contribution in [0.3, 0.4) is 0 Å². The molecular formula is C29H38N8O. The second kappa shape index (κ2) is 9.22. The first-order chi connectivity index (χ1) is 18.5. The molecule has 1 saturated heterocycles. The first kappa shape index (κ1) is 23.9. The van der Waals surface area contributed by atoms with Crippen molar-refractivity contribution >= 4 is 34.4 Å². The highest BCUT2D eigenvalue weighted by atomic mass is 16.2. The summed E-state index contributed by atoms with van der Waals surface area (Å²) in [4.78, 5) is 34.2. The number of carbonyl (C=O) groups excluding carboxylic acids is 1. The highest BCUT2D eigenvalue weighted by Crippen LogP contribution is 2.42. The lowest BCUT2D eigenvalue weighted by Crippen LogP contribution is -2.53. The molecule has 2 aliphatic carbocycles. The maximum Gasteiger partial charge on any atom is 0.270 e. The molecule has 38 heavy (non-hydrogen) atoms. The molecule has 0 bridgehead atoms. The number of likely N-dealkylation sites (N-methyl/N-ethyl adjacent to an activating group) is 1. The molecule has 3 fully saturated rings. The Balaban J connectivity index is 1.11. The van der Waals surface area contributed by atoms with Gasteiger partial charge in [-0.2, -0.15) is 4.98 Å². The summed E-state index contributed by atoms with van der Waals surface area (Å²) in [7, 11) is 1.92. The second-order valence-electron chi connectivity index (χ2n) is 12.0. The molecule has 3 aromatic heterocycles. The topological polar surface area (TPSA) is 82.4 Å². The van der Waals surface area contributed by atoms with Gasteiger partial charge >= 0.3 is 0 Å². The third-order valence-electron chi connectivity index (χ3n) is 9.20. The van der Waals surface area contributed by atoms with Crippen LogP contribution in [-0.4, -0.2) is 81.0 Å². The van der Waals surface area contributed by atoms with Gasteiger partial charge in [0.15, 0.2) is 0 Å². The van der Waals surface area contributed by atoms with Crippen molar-refractivity contribution in [2.24, 2.45) is 5.92 Å². The smallest absolute Gasteiger partial charge is 0.270 e. The molecule has 4 aliphatic rings. The average Bonchev–Trinajstić information content (AvgIpc) is 3.66. The minimum atomic E-state index is -0.0800. The molecule has 0 aromatic carbocycles. The molecule has 0 radical (unpaired) electrons. The molecule has 1 N–H and O–H groups in total. The Morgan fingerprint density at radius 2 is 1.92 bits per heavy atom. The summed E-state index contributed by atoms with van der Waals surface area (Å²) in [6.45, 7) is 7.54. The summed E-state index contributed by atoms with van der Waals surface area (Å²) in [6.07, 6.45) is 12.4. The lowest BCUT2D eigenvalue weighted by atomic mass is 9.79. The fourth-order valence-electron chi connectivity index (χ4n) is 6.95. The molecule has 1 atom stereocenters. The minimum absolute atomic E-state index is 0.0636. The third-order valence-corrected chi connectivity index (χ3v) is 9.20. The lowest BCUT2D eigenvalue weighted by Gasteiger charge is -2.45. The monoisotopic (exact) mass is 514 g/mol. The maximum atomic E-state index is 13.1. The number of aromatic nitrogens is 4. The molecule has 9 nitrogen and oxygen atoms in total. The maximum absolute atomic E-state index is 13.1. The van der Waals surface area contributed by atoms with E-state index < -0.39 is 0 Å². The summed E-state index contributed by atoms with van der Waals surface area (Å²) in [5, 5.41) is 4.22. The zero-order valence-electron chi connectivity index (χ0n) is 22.6. The quantitative estimate of drug-likeness (QED) is 0.545. The van der Waals surface area contributed by atoms with Crippen LogP contribution in [0.5, 0.6) is 0 Å². The number of hydrogen-bond donors (Lipinski definition) is 1. The Hall–Kier alpha value is -3.20. The Labute approximate surface area is 224 Å². The normalized spacial score (nSPS) is 23.7. The van der Waals surface area contributed by atoms with E-state index in [1.807, 2.05) is 36.5 Å². The van der Waals surface area contributed by atoms with Crippen LogP contribution in [0.25, 0.3) is 11.0 Å². The number of piperazine rings is 1. The van der Waals surface area contributed by atoms with Gasteiger partial charge in [-0.05, 0) is 56.7 Å². The Bertz CT molecular complexity index is 1340. The van der Waals surface area contributed by atoms with Crippen LogP contribution in [0, 0.1) is 5.92 Å². The molecule has 5 heterocycles. The Morgan fingerprint density at radius 1 is 1.08 bits per heavy atom. The number of nitrogens with one attached hydrogen (secondary N) is 1. The van der Waals surface area contributed by atoms with Gasteiger partial charge < -0.3 is 19.7 Å². The highest BCUT2D eigenvalue weighted by molar-refractivity contribution is 5.99. The van der Waals surface area contributed by atoms with E-state index in [0.717, 1.165) is 73.2 Å². The fourth-order valence-corrected chi connectivity index (χ4v) is 6.95. The number of nitrogens with zero attached hydrogens (tertiary/aromatic N) is 7. The van der Waals surface area contributed by atoms with E-state index in [0.29, 0.717) is 12.0 Å². The van der Waals surface area contributed by atoms with E-state index in [2.05, 4.69) is 37.7 Å². The van der Waals surface area contributed by atoms with Crippen molar-refractivity contribution in [2.75, 3.05) is 50.0 Å². The molecule has 0 unspecified atom stereocenters. The molecule has 1 spiro atoms. The first-order valence-electron chi connectivity index (χ1n) is 14.4. The molecule has 9 heteroatoms. The van der Waals surface area contributed by atoms with E-state index in [-0.39, 0.29) is 11.4 Å². The standard InChI is InChI=1S/C29H38N8O/c1-20-17-36(13-12-35(20)18-21-6-7-21)23-8-9-25(30-16-23)32-28-31-15-22-14-24-27(38)34(2)19-29(10-4-3-5-11-29)37(24)26(22)33-28/h8-9,14-16,20-21H,3-7,10-13,17-19H2,1-2H3,(H,30,31,32,33)/t20-/m0/s1. The molecule has 2 aliphatic heterocycles. The molecule has 1 amide bonds. The van der Waals surface area contributed by atoms with Gasteiger partial charge in [0.05, 0.1) is 17.4 Å². The van der Waals surface area contributed by atoms with Gasteiger partial charge in [0.25, 0.3) is 5.91 Å². The molecular weight excluding hydrogens is 476 g/mol. The second-order valence-corrected chi connectivity index (χ2v) is 12.0. The van der Waals surface area contributed by atoms with Crippen molar-refractivity contribution in [1.29, 1.82) is 0 Å². The minimum Gasteiger partial charge on any atom is -0.367 e. The van der Waals surface area contributed by atoms with Gasteiger partial charge in [0.1, 0.15) is 17.2 Å². The summed E-state index contributed by atoms with van der Waals surface area (Å²) >= 11 is 0. The Kier molecular flexibility index (Phi) is 5.80. The molecule has 7 rings (SSSR count). The Morgan fingerprint density at radius 3 is 2.66 bits per heavy atom. The SMILES string of the molecule is C[C@H]1CN(c2ccc(Nc3ncc4cc5n(c4n3)C3(CCCCC3)CN(C)C5=O)nc2)CCN1CC1CC1. The number of carbonyl (C=O) groups is 1. The zero-order chi connectivity index (χ0) is 25.9. The van der Waals surface area contributed by atoms with Crippen molar-refractivity contribution in [2.45, 2.75) is 63.5 Å². The van der Waals surface area contributed by atoms with Crippen LogP contribution in [0.2, 0.25) is 0 Å². The number of amides is 1. The largest absolute Gasteiger partial charge is 0.367 e. The number of hydrogen-bond acceptors (Lipinski definition) is 7. The highest BCUT2D eigenvalue weighted by Gasteiger charge is 2.43. The van der Waals surface area contributed by atoms with E-state index in [4.69, 9.17) is 9.97 Å². The van der Waals surface area contributed by atoms with Crippen LogP contribution in [0.1, 0.15) is 62.4 Å². The van der Waals surface area contributed by atoms with Crippen molar-refractivity contribution in [3.05, 3.63) is 36.3 Å². The summed E-state index contributed by atoms with van der Waals surface area (Å²) < 4.78 is 2.23. The summed E-state index contributed by atoms with van der Waals surface area (Å²) in [5.74, 6) is 2.24. The number of rotatable bonds is 5. The van der Waals surface area contributed by atoms with E-state index in [9.17, 15) is 4.79 Å². The first-order valence-corrected chi connectivity index (χ1v) is 14.4. The van der Waals surface area contributed by atoms with E-state index in [1.165, 1.54) is 38.6 Å². The third kappa shape index (κ3) is 4.21. The van der Waals surface area contributed by atoms with Crippen LogP contribution < -0.4 is 10.2 Å². The van der Waals surface area contributed by atoms with Gasteiger partial charge in [-0.15, -0.1) is 0 Å². The molecule has 3 aromatic rings. The van der Waals surface area contributed by atoms with Gasteiger partial charge in [-0.3, -0.25) is 9.69 Å². The summed E-state index contributed by atoms with van der Waals surface area (Å²) in [6, 6.07) is 6.68. The van der Waals surface area contributed by atoms with Gasteiger partial charge in [-0.1, -0.05) is 19.3 Å². The number of anilines is 3. The van der Waals surface area contributed by atoms with Crippen molar-refractivity contribution < 1.29 is 4.79 Å². The van der Waals surface area contributed by atoms with Crippen molar-refractivity contribution in [3.8, 4) is 0 Å². The molecule has 200 valence electrons. The molecule has 2 saturated carbocycles. The van der Waals surface area contributed by atoms with Crippen LogP contribution in [0.15, 0.2) is 30.6 Å². The van der Waals surface area contributed by atoms with Gasteiger partial charge in [-0.25, -0.2) is 9.97 Å². The van der Waals surface area contributed by atoms with Gasteiger partial charge in [0, 0.05) is 57.4 Å². The number of fused-ring (bicyclic) bond motifs is 4. The van der Waals surface area contributed by atoms with E-state index in [1.54, 1.807) is 0 Å². The van der Waals surface area contributed by atoms with Gasteiger partial charge in [0.2, 0.25) is 5.95 Å². The number of pyridine rings is 1. The summed E-state index contributed by atoms with van der Waals surface area (Å²) in [5.41, 5.74) is 2.66. The van der Waals surface area contributed by atoms with Crippen molar-refractivity contribution in [1.82, 2.24) is 29.3 Å². The zero-order valence-corrected chi connectivity index (χ0v) is 22.6. The average molecular weight is 515 g/mol. The van der Waals surface area contributed by atoms with Crippen LogP contribution in [-0.2, 0) is 5.54 Å². The predicted molar refractivity (Wildman–Crippen MR) is 149 cm³/mol.